The molecule has 12 N–H and O–H groups in total. The second kappa shape index (κ2) is 14.4. The van der Waals surface area contributed by atoms with E-state index in [-0.39, 0.29) is 25.7 Å². The minimum absolute atomic E-state index is 0.0716. The number of carboxylic acids is 1. The molecular formula is C26H33N9O7. The van der Waals surface area contributed by atoms with Crippen LogP contribution in [0.5, 0.6) is 0 Å². The van der Waals surface area contributed by atoms with E-state index >= 15 is 0 Å². The lowest BCUT2D eigenvalue weighted by Gasteiger charge is -2.25. The van der Waals surface area contributed by atoms with Crippen molar-refractivity contribution >= 4 is 46.4 Å². The Morgan fingerprint density at radius 2 is 1.52 bits per heavy atom. The van der Waals surface area contributed by atoms with Gasteiger partial charge in [-0.1, -0.05) is 18.2 Å². The number of carbonyl (C=O) groups is 6. The van der Waals surface area contributed by atoms with E-state index in [0.717, 1.165) is 10.9 Å². The van der Waals surface area contributed by atoms with Crippen molar-refractivity contribution in [3.05, 3.63) is 54.2 Å². The molecule has 42 heavy (non-hydrogen) atoms. The fourth-order valence-electron chi connectivity index (χ4n) is 4.23. The number of amides is 5. The number of carbonyl (C=O) groups excluding carboxylic acids is 5. The second-order valence-corrected chi connectivity index (χ2v) is 9.65. The molecule has 0 fully saturated rings. The summed E-state index contributed by atoms with van der Waals surface area (Å²) >= 11 is 0. The number of nitrogens with two attached hydrogens (primary N) is 3. The Labute approximate surface area is 239 Å². The smallest absolute Gasteiger partial charge is 0.326 e. The minimum Gasteiger partial charge on any atom is -0.480 e. The van der Waals surface area contributed by atoms with Gasteiger partial charge in [0.2, 0.25) is 29.5 Å². The number of aromatic nitrogens is 3. The van der Waals surface area contributed by atoms with Crippen molar-refractivity contribution in [1.82, 2.24) is 30.9 Å². The van der Waals surface area contributed by atoms with Gasteiger partial charge in [0.05, 0.1) is 18.8 Å². The minimum atomic E-state index is -1.39. The molecule has 0 saturated carbocycles. The number of fused-ring (bicyclic) bond motifs is 1. The van der Waals surface area contributed by atoms with E-state index in [1.807, 2.05) is 12.1 Å². The van der Waals surface area contributed by atoms with E-state index in [9.17, 15) is 33.9 Å². The van der Waals surface area contributed by atoms with E-state index in [1.54, 1.807) is 18.3 Å². The van der Waals surface area contributed by atoms with Crippen molar-refractivity contribution in [2.24, 2.45) is 17.2 Å². The average Bonchev–Trinajstić information content (AvgIpc) is 3.59. The van der Waals surface area contributed by atoms with E-state index in [1.165, 1.54) is 12.5 Å². The molecule has 0 aliphatic rings. The molecule has 0 radical (unpaired) electrons. The maximum atomic E-state index is 13.3. The first kappa shape index (κ1) is 31.3. The fraction of sp³-hybridized carbons (Fsp3) is 0.346. The van der Waals surface area contributed by atoms with Crippen molar-refractivity contribution < 1.29 is 33.9 Å². The summed E-state index contributed by atoms with van der Waals surface area (Å²) < 4.78 is 0. The number of aromatic amines is 2. The average molecular weight is 584 g/mol. The molecule has 0 bridgehead atoms. The largest absolute Gasteiger partial charge is 0.480 e. The molecule has 3 aromatic rings. The number of hydrogen-bond donors (Lipinski definition) is 9. The van der Waals surface area contributed by atoms with Crippen LogP contribution in [0.1, 0.15) is 30.5 Å². The van der Waals surface area contributed by atoms with Crippen LogP contribution in [0.4, 0.5) is 0 Å². The predicted octanol–water partition coefficient (Wildman–Crippen LogP) is -2.32. The van der Waals surface area contributed by atoms with Crippen LogP contribution in [-0.4, -0.2) is 79.7 Å². The number of aliphatic carboxylic acids is 1. The summed E-state index contributed by atoms with van der Waals surface area (Å²) in [5.74, 6) is -5.48. The lowest BCUT2D eigenvalue weighted by Crippen LogP contribution is -2.58. The summed E-state index contributed by atoms with van der Waals surface area (Å²) in [4.78, 5) is 83.6. The zero-order valence-corrected chi connectivity index (χ0v) is 22.5. The maximum Gasteiger partial charge on any atom is 0.326 e. The topological polar surface area (TPSA) is 281 Å². The number of benzene rings is 1. The van der Waals surface area contributed by atoms with Crippen molar-refractivity contribution in [2.45, 2.75) is 56.3 Å². The van der Waals surface area contributed by atoms with Crippen LogP contribution in [0, 0.1) is 0 Å². The molecule has 16 heteroatoms. The SMILES string of the molecule is NC(=O)CCC(NC(=O)C(Cc1cnc[nH]1)NC(=O)C(N)CC(N)=O)C(=O)NC(Cc1c[nH]c2ccccc12)C(=O)O. The van der Waals surface area contributed by atoms with Gasteiger partial charge in [0, 0.05) is 48.3 Å². The normalized spacial score (nSPS) is 13.8. The number of nitrogens with one attached hydrogen (secondary N) is 5. The van der Waals surface area contributed by atoms with E-state index in [4.69, 9.17) is 17.2 Å². The summed E-state index contributed by atoms with van der Waals surface area (Å²) in [6.45, 7) is 0. The van der Waals surface area contributed by atoms with Gasteiger partial charge in [-0.2, -0.15) is 0 Å². The first-order valence-electron chi connectivity index (χ1n) is 12.9. The second-order valence-electron chi connectivity index (χ2n) is 9.65. The Kier molecular flexibility index (Phi) is 10.7. The van der Waals surface area contributed by atoms with E-state index < -0.39 is 66.1 Å². The van der Waals surface area contributed by atoms with Crippen molar-refractivity contribution in [2.75, 3.05) is 0 Å². The molecule has 3 rings (SSSR count). The van der Waals surface area contributed by atoms with Gasteiger partial charge in [0.25, 0.3) is 0 Å². The summed E-state index contributed by atoms with van der Waals surface area (Å²) in [6.07, 6.45) is 3.20. The molecule has 2 heterocycles. The highest BCUT2D eigenvalue weighted by molar-refractivity contribution is 5.95. The van der Waals surface area contributed by atoms with Crippen LogP contribution < -0.4 is 33.2 Å². The maximum absolute atomic E-state index is 13.3. The number of nitrogens with zero attached hydrogens (tertiary/aromatic N) is 1. The Balaban J connectivity index is 1.78. The first-order valence-corrected chi connectivity index (χ1v) is 12.9. The van der Waals surface area contributed by atoms with Crippen LogP contribution in [0.15, 0.2) is 43.0 Å². The third-order valence-electron chi connectivity index (χ3n) is 6.40. The number of rotatable bonds is 16. The standard InChI is InChI=1S/C26H33N9O7/c27-16(9-22(29)37)23(38)34-19(8-14-11-30-12-32-14)25(40)33-18(5-6-21(28)36)24(39)35-20(26(41)42)7-13-10-31-17-4-2-1-3-15(13)17/h1-4,10-12,16,18-20,31H,5-9,27H2,(H2,28,36)(H2,29,37)(H,30,32)(H,33,40)(H,34,38)(H,35,39)(H,41,42). The van der Waals surface area contributed by atoms with Crippen LogP contribution >= 0.6 is 0 Å². The monoisotopic (exact) mass is 583 g/mol. The van der Waals surface area contributed by atoms with Crippen LogP contribution in [-0.2, 0) is 41.6 Å². The molecule has 224 valence electrons. The highest BCUT2D eigenvalue weighted by atomic mass is 16.4. The first-order chi connectivity index (χ1) is 19.9. The number of para-hydroxylation sites is 1. The molecule has 2 aromatic heterocycles. The summed E-state index contributed by atoms with van der Waals surface area (Å²) in [7, 11) is 0. The lowest BCUT2D eigenvalue weighted by atomic mass is 10.0. The van der Waals surface area contributed by atoms with Gasteiger partial charge in [0.15, 0.2) is 0 Å². The van der Waals surface area contributed by atoms with Gasteiger partial charge in [-0.15, -0.1) is 0 Å². The molecule has 1 aromatic carbocycles. The predicted molar refractivity (Wildman–Crippen MR) is 148 cm³/mol. The number of carboxylic acid groups (broad SMARTS) is 1. The fourth-order valence-corrected chi connectivity index (χ4v) is 4.23. The third kappa shape index (κ3) is 8.88. The van der Waals surface area contributed by atoms with Crippen molar-refractivity contribution in [3.63, 3.8) is 0 Å². The van der Waals surface area contributed by atoms with Gasteiger partial charge >= 0.3 is 5.97 Å². The van der Waals surface area contributed by atoms with Gasteiger partial charge in [0.1, 0.15) is 18.1 Å². The Bertz CT molecular complexity index is 1440. The van der Waals surface area contributed by atoms with Crippen molar-refractivity contribution in [3.8, 4) is 0 Å². The quantitative estimate of drug-likeness (QED) is 0.0874. The number of hydrogen-bond acceptors (Lipinski definition) is 8. The highest BCUT2D eigenvalue weighted by Crippen LogP contribution is 2.19. The highest BCUT2D eigenvalue weighted by Gasteiger charge is 2.31. The molecule has 0 saturated heterocycles. The molecule has 0 aliphatic heterocycles. The van der Waals surface area contributed by atoms with Gasteiger partial charge in [-0.3, -0.25) is 24.0 Å². The number of imidazole rings is 1. The Hall–Kier alpha value is -5.25. The third-order valence-corrected chi connectivity index (χ3v) is 6.40. The molecule has 0 aliphatic carbocycles. The Morgan fingerprint density at radius 3 is 2.17 bits per heavy atom. The summed E-state index contributed by atoms with van der Waals surface area (Å²) in [5, 5.41) is 17.9. The lowest BCUT2D eigenvalue weighted by molar-refractivity contribution is -0.142. The van der Waals surface area contributed by atoms with E-state index in [2.05, 4.69) is 30.9 Å². The molecule has 4 atom stereocenters. The molecule has 5 amide bonds. The van der Waals surface area contributed by atoms with E-state index in [0.29, 0.717) is 11.3 Å². The molecule has 0 spiro atoms. The van der Waals surface area contributed by atoms with Crippen LogP contribution in [0.25, 0.3) is 10.9 Å². The number of primary amides is 2. The zero-order valence-electron chi connectivity index (χ0n) is 22.5. The Morgan fingerprint density at radius 1 is 0.857 bits per heavy atom. The van der Waals surface area contributed by atoms with Gasteiger partial charge in [-0.25, -0.2) is 9.78 Å². The number of H-pyrrole nitrogens is 2. The molecular weight excluding hydrogens is 550 g/mol. The van der Waals surface area contributed by atoms with Crippen LogP contribution in [0.2, 0.25) is 0 Å². The zero-order chi connectivity index (χ0) is 30.8. The van der Waals surface area contributed by atoms with Gasteiger partial charge in [-0.05, 0) is 18.1 Å². The van der Waals surface area contributed by atoms with Crippen molar-refractivity contribution in [1.29, 1.82) is 0 Å². The molecule has 16 nitrogen and oxygen atoms in total. The van der Waals surface area contributed by atoms with Gasteiger partial charge < -0.3 is 48.2 Å². The summed E-state index contributed by atoms with van der Waals surface area (Å²) in [6, 6.07) is 1.83. The summed E-state index contributed by atoms with van der Waals surface area (Å²) in [5.41, 5.74) is 17.9. The van der Waals surface area contributed by atoms with Crippen LogP contribution in [0.3, 0.4) is 0 Å². The molecule has 4 unspecified atom stereocenters.